The van der Waals surface area contributed by atoms with Gasteiger partial charge in [-0.3, -0.25) is 4.52 Å². The molecule has 6 atom stereocenters. The van der Waals surface area contributed by atoms with Gasteiger partial charge in [0.1, 0.15) is 24.7 Å². The lowest BCUT2D eigenvalue weighted by Crippen LogP contribution is -2.47. The van der Waals surface area contributed by atoms with Gasteiger partial charge < -0.3 is 35.2 Å². The normalized spacial score (nSPS) is 30.6. The van der Waals surface area contributed by atoms with Crippen molar-refractivity contribution in [2.45, 2.75) is 24.1 Å². The third-order valence-corrected chi connectivity index (χ3v) is 7.34. The van der Waals surface area contributed by atoms with E-state index in [1.165, 1.54) is 0 Å². The molecule has 2 rings (SSSR count). The number of ether oxygens (including phenoxy) is 1. The number of anilines is 1. The fourth-order valence-corrected chi connectivity index (χ4v) is 5.37. The quantitative estimate of drug-likeness (QED) is 0.203. The van der Waals surface area contributed by atoms with E-state index in [-0.39, 0.29) is 10.5 Å². The predicted molar refractivity (Wildman–Crippen MR) is 90.3 cm³/mol. The molecular weight excluding hydrogens is 503 g/mol. The minimum atomic E-state index is -5.83. The molecule has 1 aromatic rings. The highest BCUT2D eigenvalue weighted by molar-refractivity contribution is 7.66. The number of hydrogen-bond donors (Lipinski definition) is 6. The molecule has 7 N–H and O–H groups in total. The summed E-state index contributed by atoms with van der Waals surface area (Å²) in [7, 11) is -17.1. The summed E-state index contributed by atoms with van der Waals surface area (Å²) in [6.45, 7) is -3.23. The van der Waals surface area contributed by atoms with Gasteiger partial charge >= 0.3 is 29.2 Å². The molecule has 1 fully saturated rings. The molecule has 1 aliphatic rings. The Morgan fingerprint density at radius 2 is 1.84 bits per heavy atom. The van der Waals surface area contributed by atoms with Crippen molar-refractivity contribution >= 4 is 29.3 Å². The molecule has 0 spiro atoms. The maximum Gasteiger partial charge on any atom is 0.490 e. The number of alkyl halides is 2. The number of aliphatic hydroxyl groups is 1. The minimum Gasteiger partial charge on any atom is -0.387 e. The Labute approximate surface area is 169 Å². The number of aliphatic hydroxyl groups excluding tert-OH is 1. The van der Waals surface area contributed by atoms with Crippen molar-refractivity contribution < 1.29 is 65.0 Å². The van der Waals surface area contributed by atoms with Crippen LogP contribution in [0.25, 0.3) is 0 Å². The number of halogens is 2. The highest BCUT2D eigenvalue weighted by atomic mass is 31.3. The first-order valence-electron chi connectivity index (χ1n) is 7.58. The summed E-state index contributed by atoms with van der Waals surface area (Å²) in [5.74, 6) is -0.367. The molecule has 1 aliphatic heterocycles. The second kappa shape index (κ2) is 8.97. The van der Waals surface area contributed by atoms with E-state index in [2.05, 4.69) is 23.2 Å². The largest absolute Gasteiger partial charge is 0.490 e. The first kappa shape index (κ1) is 26.1. The molecule has 1 saturated heterocycles. The first-order valence-corrected chi connectivity index (χ1v) is 12.1. The average molecular weight is 518 g/mol. The molecule has 178 valence electrons. The molecule has 22 heteroatoms. The van der Waals surface area contributed by atoms with E-state index in [0.29, 0.717) is 0 Å². The van der Waals surface area contributed by atoms with E-state index in [9.17, 15) is 37.3 Å². The molecule has 0 radical (unpaired) electrons. The molecule has 0 aromatic carbocycles. The number of rotatable bonds is 9. The highest BCUT2D eigenvalue weighted by Gasteiger charge is 2.60. The van der Waals surface area contributed by atoms with Gasteiger partial charge in [-0.2, -0.15) is 23.4 Å². The van der Waals surface area contributed by atoms with Gasteiger partial charge in [-0.25, -0.2) is 27.3 Å². The van der Waals surface area contributed by atoms with Crippen molar-refractivity contribution in [1.82, 2.24) is 14.8 Å². The maximum absolute atomic E-state index is 15.0. The highest BCUT2D eigenvalue weighted by Crippen LogP contribution is 2.66. The Balaban J connectivity index is 2.17. The van der Waals surface area contributed by atoms with Crippen LogP contribution in [0.4, 0.5) is 14.6 Å². The summed E-state index contributed by atoms with van der Waals surface area (Å²) in [5, 5.41) is 13.4. The molecule has 2 heterocycles. The van der Waals surface area contributed by atoms with Crippen LogP contribution in [-0.2, 0) is 31.6 Å². The Hall–Kier alpha value is -1.20. The second-order valence-electron chi connectivity index (χ2n) is 5.83. The number of phosphoric acid groups is 3. The van der Waals surface area contributed by atoms with Gasteiger partial charge in [-0.1, -0.05) is 0 Å². The summed E-state index contributed by atoms with van der Waals surface area (Å²) >= 11 is 0. The molecule has 17 nitrogen and oxygen atoms in total. The topological polar surface area (TPSA) is 263 Å². The zero-order valence-electron chi connectivity index (χ0n) is 14.7. The number of nitrogen functional groups attached to an aromatic ring is 1. The van der Waals surface area contributed by atoms with Crippen molar-refractivity contribution in [2.75, 3.05) is 19.0 Å². The van der Waals surface area contributed by atoms with Crippen LogP contribution >= 0.6 is 23.5 Å². The monoisotopic (exact) mass is 518 g/mol. The lowest BCUT2D eigenvalue weighted by molar-refractivity contribution is -0.0804. The summed E-state index contributed by atoms with van der Waals surface area (Å²) < 4.78 is 78.2. The maximum atomic E-state index is 15.0. The van der Waals surface area contributed by atoms with Gasteiger partial charge in [0.25, 0.3) is 0 Å². The standard InChI is InChI=1S/C9H15F2N4O13P3/c10-3-9(11)6(16)4(26-7(9)15-8(17)14-5(12)1-13-15)2-25-30(21,22)28-31(23,24)27-29(18,19)20/h1,4,6-7,16H,2-3H2,(H,21,22)(H,23,24)(H2,12,14,17)(H2,18,19,20)/t4-,6+,7-,9?/m1/s1. The Morgan fingerprint density at radius 3 is 2.35 bits per heavy atom. The Kier molecular flexibility index (Phi) is 7.54. The molecule has 3 unspecified atom stereocenters. The van der Waals surface area contributed by atoms with Gasteiger partial charge in [-0.15, -0.1) is 0 Å². The second-order valence-corrected chi connectivity index (χ2v) is 10.2. The van der Waals surface area contributed by atoms with Crippen molar-refractivity contribution in [3.63, 3.8) is 0 Å². The van der Waals surface area contributed by atoms with Crippen LogP contribution in [0.5, 0.6) is 0 Å². The van der Waals surface area contributed by atoms with E-state index >= 15 is 0 Å². The number of aromatic nitrogens is 3. The van der Waals surface area contributed by atoms with Crippen LogP contribution in [0.1, 0.15) is 6.23 Å². The first-order chi connectivity index (χ1) is 14.0. The van der Waals surface area contributed by atoms with Crippen LogP contribution in [-0.4, -0.2) is 70.6 Å². The van der Waals surface area contributed by atoms with Gasteiger partial charge in [0.15, 0.2) is 6.23 Å². The number of nitrogens with zero attached hydrogens (tertiary/aromatic N) is 3. The predicted octanol–water partition coefficient (Wildman–Crippen LogP) is -1.50. The molecule has 0 bridgehead atoms. The van der Waals surface area contributed by atoms with Crippen molar-refractivity contribution in [3.05, 3.63) is 16.7 Å². The van der Waals surface area contributed by atoms with Gasteiger partial charge in [0, 0.05) is 0 Å². The zero-order chi connectivity index (χ0) is 23.8. The van der Waals surface area contributed by atoms with Crippen LogP contribution < -0.4 is 11.4 Å². The van der Waals surface area contributed by atoms with Crippen molar-refractivity contribution in [2.24, 2.45) is 0 Å². The summed E-state index contributed by atoms with van der Waals surface area (Å²) in [5.41, 5.74) is 0.614. The molecule has 0 amide bonds. The molecule has 0 saturated carbocycles. The third-order valence-electron chi connectivity index (χ3n) is 3.54. The van der Waals surface area contributed by atoms with Gasteiger partial charge in [-0.05, 0) is 0 Å². The van der Waals surface area contributed by atoms with Gasteiger partial charge in [0.05, 0.1) is 12.8 Å². The van der Waals surface area contributed by atoms with Crippen LogP contribution in [0, 0.1) is 0 Å². The summed E-state index contributed by atoms with van der Waals surface area (Å²) in [6.07, 6.45) is -5.85. The van der Waals surface area contributed by atoms with Gasteiger partial charge in [0.2, 0.25) is 5.67 Å². The van der Waals surface area contributed by atoms with E-state index in [4.69, 9.17) is 25.2 Å². The van der Waals surface area contributed by atoms with Crippen LogP contribution in [0.2, 0.25) is 0 Å². The fraction of sp³-hybridized carbons (Fsp3) is 0.667. The van der Waals surface area contributed by atoms with E-state index in [1.807, 2.05) is 0 Å². The minimum absolute atomic E-state index is 0.198. The lowest BCUT2D eigenvalue weighted by atomic mass is 9.98. The van der Waals surface area contributed by atoms with E-state index < -0.39 is 66.5 Å². The third kappa shape index (κ3) is 6.41. The number of nitrogens with two attached hydrogens (primary N) is 1. The molecule has 1 aromatic heterocycles. The Bertz CT molecular complexity index is 1020. The smallest absolute Gasteiger partial charge is 0.387 e. The summed E-state index contributed by atoms with van der Waals surface area (Å²) in [6, 6.07) is 0. The molecule has 31 heavy (non-hydrogen) atoms. The molecule has 0 aliphatic carbocycles. The summed E-state index contributed by atoms with van der Waals surface area (Å²) in [4.78, 5) is 50.3. The van der Waals surface area contributed by atoms with E-state index in [0.717, 1.165) is 6.20 Å². The van der Waals surface area contributed by atoms with Crippen LogP contribution in [0.3, 0.4) is 0 Å². The number of phosphoric ester groups is 1. The van der Waals surface area contributed by atoms with E-state index in [1.54, 1.807) is 0 Å². The SMILES string of the molecule is Nc1cnn([C@@H]2O[C@H](COP(=O)(O)OP(=O)(O)OP(=O)(O)O)[C@H](O)C2(F)CF)c(=O)n1. The lowest BCUT2D eigenvalue weighted by Gasteiger charge is -2.25. The Morgan fingerprint density at radius 1 is 1.23 bits per heavy atom. The average Bonchev–Trinajstić information content (AvgIpc) is 2.82. The molecular formula is C9H15F2N4O13P3. The van der Waals surface area contributed by atoms with Crippen molar-refractivity contribution in [3.8, 4) is 0 Å². The van der Waals surface area contributed by atoms with Crippen LogP contribution in [0.15, 0.2) is 11.0 Å². The zero-order valence-corrected chi connectivity index (χ0v) is 17.4. The van der Waals surface area contributed by atoms with Crippen molar-refractivity contribution in [1.29, 1.82) is 0 Å². The fourth-order valence-electron chi connectivity index (χ4n) is 2.34. The number of hydrogen-bond acceptors (Lipinski definition) is 12.